The van der Waals surface area contributed by atoms with E-state index in [9.17, 15) is 0 Å². The van der Waals surface area contributed by atoms with Crippen LogP contribution in [0.4, 0.5) is 5.69 Å². The molecule has 0 aromatic heterocycles. The van der Waals surface area contributed by atoms with Crippen molar-refractivity contribution in [3.63, 3.8) is 0 Å². The quantitative estimate of drug-likeness (QED) is 0.530. The van der Waals surface area contributed by atoms with Crippen LogP contribution in [0.1, 0.15) is 6.92 Å². The molecule has 0 heterocycles. The van der Waals surface area contributed by atoms with Gasteiger partial charge in [-0.05, 0) is 18.7 Å². The van der Waals surface area contributed by atoms with Crippen LogP contribution in [0, 0.1) is 0 Å². The van der Waals surface area contributed by atoms with E-state index in [0.717, 1.165) is 12.2 Å². The molecule has 0 spiro atoms. The second kappa shape index (κ2) is 6.11. The van der Waals surface area contributed by atoms with E-state index in [1.54, 1.807) is 0 Å². The Kier molecular flexibility index (Phi) is 5.48. The monoisotopic (exact) mass is 138 g/mol. The van der Waals surface area contributed by atoms with Gasteiger partial charge in [-0.25, -0.2) is 0 Å². The summed E-state index contributed by atoms with van der Waals surface area (Å²) in [5.74, 6) is 0. The number of benzene rings is 1. The molecule has 0 saturated carbocycles. The van der Waals surface area contributed by atoms with E-state index in [1.165, 1.54) is 0 Å². The normalized spacial score (nSPS) is 7.80. The summed E-state index contributed by atoms with van der Waals surface area (Å²) in [5.41, 5.74) is 11.0. The SMILES string of the molecule is CCN.Nc1ccccc1. The molecule has 2 heteroatoms. The molecule has 0 amide bonds. The predicted octanol–water partition coefficient (Wildman–Crippen LogP) is 1.23. The first kappa shape index (κ1) is 8.98. The van der Waals surface area contributed by atoms with Crippen molar-refractivity contribution < 1.29 is 0 Å². The van der Waals surface area contributed by atoms with E-state index in [0.29, 0.717) is 0 Å². The van der Waals surface area contributed by atoms with Crippen LogP contribution in [0.15, 0.2) is 30.3 Å². The molecule has 0 aliphatic heterocycles. The highest BCUT2D eigenvalue weighted by molar-refractivity contribution is 5.35. The highest BCUT2D eigenvalue weighted by Crippen LogP contribution is 1.95. The fourth-order valence-electron chi connectivity index (χ4n) is 0.453. The van der Waals surface area contributed by atoms with Gasteiger partial charge in [0.15, 0.2) is 0 Å². The maximum Gasteiger partial charge on any atom is 0.0313 e. The topological polar surface area (TPSA) is 52.0 Å². The first-order chi connectivity index (χ1) is 4.81. The van der Waals surface area contributed by atoms with Gasteiger partial charge in [0, 0.05) is 5.69 Å². The summed E-state index contributed by atoms with van der Waals surface area (Å²) in [6.45, 7) is 2.65. The molecule has 0 radical (unpaired) electrons. The molecule has 0 saturated heterocycles. The molecule has 0 bridgehead atoms. The fraction of sp³-hybridized carbons (Fsp3) is 0.250. The Bertz CT molecular complexity index is 149. The van der Waals surface area contributed by atoms with Crippen LogP contribution in [0.3, 0.4) is 0 Å². The Labute approximate surface area is 61.8 Å². The first-order valence-electron chi connectivity index (χ1n) is 3.31. The molecule has 0 atom stereocenters. The van der Waals surface area contributed by atoms with Gasteiger partial charge in [-0.3, -0.25) is 0 Å². The predicted molar refractivity (Wildman–Crippen MR) is 45.6 cm³/mol. The van der Waals surface area contributed by atoms with Crippen molar-refractivity contribution >= 4 is 5.69 Å². The minimum Gasteiger partial charge on any atom is -0.399 e. The fourth-order valence-corrected chi connectivity index (χ4v) is 0.453. The molecule has 1 aromatic rings. The van der Waals surface area contributed by atoms with Crippen LogP contribution >= 0.6 is 0 Å². The van der Waals surface area contributed by atoms with Crippen LogP contribution < -0.4 is 11.5 Å². The molecule has 0 unspecified atom stereocenters. The lowest BCUT2D eigenvalue weighted by Crippen LogP contribution is -1.87. The maximum absolute atomic E-state index is 5.36. The van der Waals surface area contributed by atoms with Crippen molar-refractivity contribution in [2.75, 3.05) is 12.3 Å². The molecular weight excluding hydrogens is 124 g/mol. The van der Waals surface area contributed by atoms with E-state index >= 15 is 0 Å². The summed E-state index contributed by atoms with van der Waals surface area (Å²) in [4.78, 5) is 0. The lowest BCUT2D eigenvalue weighted by Gasteiger charge is -1.83. The molecule has 0 fully saturated rings. The summed E-state index contributed by atoms with van der Waals surface area (Å²) in [6, 6.07) is 9.49. The first-order valence-corrected chi connectivity index (χ1v) is 3.31. The zero-order valence-electron chi connectivity index (χ0n) is 6.25. The molecule has 10 heavy (non-hydrogen) atoms. The van der Waals surface area contributed by atoms with E-state index in [4.69, 9.17) is 11.5 Å². The molecule has 1 rings (SSSR count). The van der Waals surface area contributed by atoms with Crippen molar-refractivity contribution in [2.45, 2.75) is 6.92 Å². The minimum absolute atomic E-state index is 0.750. The number of nitrogen functional groups attached to an aromatic ring is 1. The summed E-state index contributed by atoms with van der Waals surface area (Å²) >= 11 is 0. The molecular formula is C8H14N2. The Balaban J connectivity index is 0.000000236. The smallest absolute Gasteiger partial charge is 0.0313 e. The van der Waals surface area contributed by atoms with Gasteiger partial charge < -0.3 is 11.5 Å². The van der Waals surface area contributed by atoms with Gasteiger partial charge >= 0.3 is 0 Å². The zero-order chi connectivity index (χ0) is 7.82. The Hall–Kier alpha value is -1.02. The van der Waals surface area contributed by atoms with Crippen molar-refractivity contribution in [1.82, 2.24) is 0 Å². The third kappa shape index (κ3) is 5.12. The number of rotatable bonds is 0. The Morgan fingerprint density at radius 1 is 1.20 bits per heavy atom. The number of hydrogen-bond donors (Lipinski definition) is 2. The van der Waals surface area contributed by atoms with E-state index in [2.05, 4.69) is 0 Å². The van der Waals surface area contributed by atoms with Crippen molar-refractivity contribution in [1.29, 1.82) is 0 Å². The van der Waals surface area contributed by atoms with Crippen molar-refractivity contribution in [2.24, 2.45) is 5.73 Å². The molecule has 2 nitrogen and oxygen atoms in total. The standard InChI is InChI=1S/C6H7N.C2H7N/c7-6-4-2-1-3-5-6;1-2-3/h1-5H,7H2;2-3H2,1H3. The lowest BCUT2D eigenvalue weighted by molar-refractivity contribution is 1.14. The van der Waals surface area contributed by atoms with Gasteiger partial charge in [0.05, 0.1) is 0 Å². The van der Waals surface area contributed by atoms with Crippen LogP contribution in [0.5, 0.6) is 0 Å². The van der Waals surface area contributed by atoms with Crippen molar-refractivity contribution in [3.8, 4) is 0 Å². The van der Waals surface area contributed by atoms with Crippen molar-refractivity contribution in [3.05, 3.63) is 30.3 Å². The van der Waals surface area contributed by atoms with Gasteiger partial charge in [-0.15, -0.1) is 0 Å². The minimum atomic E-state index is 0.750. The van der Waals surface area contributed by atoms with E-state index in [1.807, 2.05) is 37.3 Å². The Morgan fingerprint density at radius 3 is 1.80 bits per heavy atom. The molecule has 4 N–H and O–H groups in total. The third-order valence-electron chi connectivity index (χ3n) is 0.800. The van der Waals surface area contributed by atoms with E-state index < -0.39 is 0 Å². The molecule has 56 valence electrons. The van der Waals surface area contributed by atoms with E-state index in [-0.39, 0.29) is 0 Å². The van der Waals surface area contributed by atoms with Gasteiger partial charge in [0.2, 0.25) is 0 Å². The summed E-state index contributed by atoms with van der Waals surface area (Å²) < 4.78 is 0. The van der Waals surface area contributed by atoms with Gasteiger partial charge in [-0.2, -0.15) is 0 Å². The second-order valence-corrected chi connectivity index (χ2v) is 1.82. The third-order valence-corrected chi connectivity index (χ3v) is 0.800. The summed E-state index contributed by atoms with van der Waals surface area (Å²) in [6.07, 6.45) is 0. The highest BCUT2D eigenvalue weighted by atomic mass is 14.5. The van der Waals surface area contributed by atoms with Crippen LogP contribution in [0.25, 0.3) is 0 Å². The molecule has 1 aromatic carbocycles. The maximum atomic E-state index is 5.36. The van der Waals surface area contributed by atoms with Gasteiger partial charge in [0.1, 0.15) is 0 Å². The lowest BCUT2D eigenvalue weighted by atomic mass is 10.3. The van der Waals surface area contributed by atoms with Gasteiger partial charge in [0.25, 0.3) is 0 Å². The average Bonchev–Trinajstić information content (AvgIpc) is 1.91. The van der Waals surface area contributed by atoms with Crippen LogP contribution in [0.2, 0.25) is 0 Å². The van der Waals surface area contributed by atoms with Gasteiger partial charge in [-0.1, -0.05) is 25.1 Å². The number of anilines is 1. The second-order valence-electron chi connectivity index (χ2n) is 1.82. The summed E-state index contributed by atoms with van der Waals surface area (Å²) in [7, 11) is 0. The number of hydrogen-bond acceptors (Lipinski definition) is 2. The Morgan fingerprint density at radius 2 is 1.60 bits per heavy atom. The highest BCUT2D eigenvalue weighted by Gasteiger charge is 1.72. The molecule has 0 aliphatic carbocycles. The summed E-state index contributed by atoms with van der Waals surface area (Å²) in [5, 5.41) is 0. The van der Waals surface area contributed by atoms with Crippen LogP contribution in [-0.2, 0) is 0 Å². The largest absolute Gasteiger partial charge is 0.399 e. The number of para-hydroxylation sites is 1. The average molecular weight is 138 g/mol. The van der Waals surface area contributed by atoms with Crippen LogP contribution in [-0.4, -0.2) is 6.54 Å². The zero-order valence-corrected chi connectivity index (χ0v) is 6.25. The number of nitrogens with two attached hydrogens (primary N) is 2. The molecule has 0 aliphatic rings.